The molecule has 0 fully saturated rings. The molecule has 1 aliphatic rings. The Bertz CT molecular complexity index is 232. The van der Waals surface area contributed by atoms with Crippen LogP contribution in [0.1, 0.15) is 84.5 Å². The maximum atomic E-state index is 6.24. The molecular weight excluding hydrogens is 240 g/mol. The SMILES string of the molecule is CCCCCCC(CCCCC)C1=CCC(Cl)C1. The molecule has 2 unspecified atom stereocenters. The van der Waals surface area contributed by atoms with E-state index < -0.39 is 0 Å². The van der Waals surface area contributed by atoms with Gasteiger partial charge in [-0.2, -0.15) is 0 Å². The molecule has 0 aromatic carbocycles. The van der Waals surface area contributed by atoms with Crippen LogP contribution in [0.3, 0.4) is 0 Å². The first-order valence-electron chi connectivity index (χ1n) is 8.10. The Balaban J connectivity index is 2.32. The van der Waals surface area contributed by atoms with Gasteiger partial charge in [-0.1, -0.05) is 70.4 Å². The van der Waals surface area contributed by atoms with Crippen molar-refractivity contribution in [1.82, 2.24) is 0 Å². The van der Waals surface area contributed by atoms with Crippen LogP contribution in [0.25, 0.3) is 0 Å². The molecule has 0 saturated heterocycles. The summed E-state index contributed by atoms with van der Waals surface area (Å²) in [6, 6.07) is 0. The Hall–Kier alpha value is 0.0300. The molecule has 0 heterocycles. The standard InChI is InChI=1S/C17H31Cl/c1-3-5-7-9-11-15(10-8-6-4-2)16-12-13-17(18)14-16/h12,15,17H,3-11,13-14H2,1-2H3. The van der Waals surface area contributed by atoms with E-state index in [1.54, 1.807) is 5.57 Å². The van der Waals surface area contributed by atoms with Gasteiger partial charge in [0.2, 0.25) is 0 Å². The zero-order chi connectivity index (χ0) is 13.2. The highest BCUT2D eigenvalue weighted by Gasteiger charge is 2.21. The number of hydrogen-bond donors (Lipinski definition) is 0. The number of allylic oxidation sites excluding steroid dienone is 2. The Kier molecular flexibility index (Phi) is 8.84. The van der Waals surface area contributed by atoms with Gasteiger partial charge < -0.3 is 0 Å². The smallest absolute Gasteiger partial charge is 0.0407 e. The summed E-state index contributed by atoms with van der Waals surface area (Å²) in [6.07, 6.45) is 17.2. The minimum atomic E-state index is 0.393. The second-order valence-electron chi connectivity index (χ2n) is 5.86. The van der Waals surface area contributed by atoms with Crippen molar-refractivity contribution >= 4 is 11.6 Å². The predicted octanol–water partition coefficient (Wildman–Crippen LogP) is 6.48. The van der Waals surface area contributed by atoms with Crippen LogP contribution in [-0.4, -0.2) is 5.38 Å². The van der Waals surface area contributed by atoms with Crippen LogP contribution in [0.5, 0.6) is 0 Å². The van der Waals surface area contributed by atoms with Crippen LogP contribution in [0, 0.1) is 5.92 Å². The summed E-state index contributed by atoms with van der Waals surface area (Å²) in [6.45, 7) is 4.58. The van der Waals surface area contributed by atoms with Crippen molar-refractivity contribution in [3.63, 3.8) is 0 Å². The number of rotatable bonds is 10. The third kappa shape index (κ3) is 6.27. The highest BCUT2D eigenvalue weighted by atomic mass is 35.5. The van der Waals surface area contributed by atoms with Gasteiger partial charge in [-0.25, -0.2) is 0 Å². The second kappa shape index (κ2) is 9.89. The zero-order valence-corrected chi connectivity index (χ0v) is 13.1. The molecule has 0 spiro atoms. The van der Waals surface area contributed by atoms with Gasteiger partial charge in [0.05, 0.1) is 0 Å². The molecule has 18 heavy (non-hydrogen) atoms. The molecule has 1 aliphatic carbocycles. The fraction of sp³-hybridized carbons (Fsp3) is 0.882. The Morgan fingerprint density at radius 2 is 1.67 bits per heavy atom. The van der Waals surface area contributed by atoms with Crippen molar-refractivity contribution in [2.24, 2.45) is 5.92 Å². The van der Waals surface area contributed by atoms with E-state index >= 15 is 0 Å². The fourth-order valence-corrected chi connectivity index (χ4v) is 3.28. The molecule has 0 bridgehead atoms. The molecule has 1 rings (SSSR count). The predicted molar refractivity (Wildman–Crippen MR) is 83.3 cm³/mol. The van der Waals surface area contributed by atoms with Crippen molar-refractivity contribution < 1.29 is 0 Å². The molecule has 0 amide bonds. The number of hydrogen-bond acceptors (Lipinski definition) is 0. The van der Waals surface area contributed by atoms with Crippen molar-refractivity contribution in [3.05, 3.63) is 11.6 Å². The van der Waals surface area contributed by atoms with E-state index in [1.807, 2.05) is 0 Å². The molecule has 0 aromatic heterocycles. The first-order valence-corrected chi connectivity index (χ1v) is 8.54. The van der Waals surface area contributed by atoms with Gasteiger partial charge in [0.15, 0.2) is 0 Å². The first kappa shape index (κ1) is 16.1. The minimum Gasteiger partial charge on any atom is -0.122 e. The van der Waals surface area contributed by atoms with Gasteiger partial charge >= 0.3 is 0 Å². The summed E-state index contributed by atoms with van der Waals surface area (Å²) >= 11 is 6.24. The summed E-state index contributed by atoms with van der Waals surface area (Å²) in [5, 5.41) is 0.393. The maximum Gasteiger partial charge on any atom is 0.0407 e. The molecule has 2 atom stereocenters. The van der Waals surface area contributed by atoms with Gasteiger partial charge in [-0.15, -0.1) is 11.6 Å². The zero-order valence-electron chi connectivity index (χ0n) is 12.4. The number of unbranched alkanes of at least 4 members (excludes halogenated alkanes) is 5. The lowest BCUT2D eigenvalue weighted by atomic mass is 9.87. The van der Waals surface area contributed by atoms with Crippen molar-refractivity contribution in [3.8, 4) is 0 Å². The number of halogens is 1. The van der Waals surface area contributed by atoms with Gasteiger partial charge in [-0.05, 0) is 31.6 Å². The molecule has 0 saturated carbocycles. The van der Waals surface area contributed by atoms with Crippen LogP contribution in [0.4, 0.5) is 0 Å². The molecule has 0 nitrogen and oxygen atoms in total. The van der Waals surface area contributed by atoms with E-state index in [4.69, 9.17) is 11.6 Å². The van der Waals surface area contributed by atoms with Gasteiger partial charge in [-0.3, -0.25) is 0 Å². The van der Waals surface area contributed by atoms with E-state index in [0.29, 0.717) is 5.38 Å². The molecule has 106 valence electrons. The highest BCUT2D eigenvalue weighted by molar-refractivity contribution is 6.21. The largest absolute Gasteiger partial charge is 0.122 e. The van der Waals surface area contributed by atoms with Crippen LogP contribution < -0.4 is 0 Å². The van der Waals surface area contributed by atoms with Gasteiger partial charge in [0, 0.05) is 5.38 Å². The summed E-state index contributed by atoms with van der Waals surface area (Å²) in [7, 11) is 0. The van der Waals surface area contributed by atoms with Crippen LogP contribution in [-0.2, 0) is 0 Å². The van der Waals surface area contributed by atoms with E-state index in [9.17, 15) is 0 Å². The lowest BCUT2D eigenvalue weighted by Gasteiger charge is -2.19. The van der Waals surface area contributed by atoms with E-state index in [-0.39, 0.29) is 0 Å². The first-order chi connectivity index (χ1) is 8.77. The lowest BCUT2D eigenvalue weighted by molar-refractivity contribution is 0.452. The van der Waals surface area contributed by atoms with Crippen molar-refractivity contribution in [1.29, 1.82) is 0 Å². The average molecular weight is 271 g/mol. The second-order valence-corrected chi connectivity index (χ2v) is 6.48. The monoisotopic (exact) mass is 270 g/mol. The van der Waals surface area contributed by atoms with Crippen LogP contribution in [0.2, 0.25) is 0 Å². The average Bonchev–Trinajstić information content (AvgIpc) is 2.79. The lowest BCUT2D eigenvalue weighted by Crippen LogP contribution is -2.05. The van der Waals surface area contributed by atoms with Crippen molar-refractivity contribution in [2.45, 2.75) is 89.9 Å². The van der Waals surface area contributed by atoms with Crippen LogP contribution >= 0.6 is 11.6 Å². The molecule has 0 N–H and O–H groups in total. The highest BCUT2D eigenvalue weighted by Crippen LogP contribution is 2.34. The molecule has 0 radical (unpaired) electrons. The molecule has 0 aliphatic heterocycles. The molecular formula is C17H31Cl. The minimum absolute atomic E-state index is 0.393. The molecule has 1 heteroatoms. The maximum absolute atomic E-state index is 6.24. The summed E-state index contributed by atoms with van der Waals surface area (Å²) in [5.74, 6) is 0.845. The van der Waals surface area contributed by atoms with Gasteiger partial charge in [0.25, 0.3) is 0 Å². The number of alkyl halides is 1. The Morgan fingerprint density at radius 3 is 2.22 bits per heavy atom. The summed E-state index contributed by atoms with van der Waals surface area (Å²) in [5.41, 5.74) is 1.68. The quantitative estimate of drug-likeness (QED) is 0.242. The summed E-state index contributed by atoms with van der Waals surface area (Å²) < 4.78 is 0. The Morgan fingerprint density at radius 1 is 1.06 bits per heavy atom. The normalized spacial score (nSPS) is 21.1. The topological polar surface area (TPSA) is 0 Å². The van der Waals surface area contributed by atoms with Crippen molar-refractivity contribution in [2.75, 3.05) is 0 Å². The third-order valence-electron chi connectivity index (χ3n) is 4.18. The fourth-order valence-electron chi connectivity index (χ4n) is 3.01. The van der Waals surface area contributed by atoms with E-state index in [0.717, 1.165) is 18.8 Å². The van der Waals surface area contributed by atoms with E-state index in [2.05, 4.69) is 19.9 Å². The van der Waals surface area contributed by atoms with Crippen LogP contribution in [0.15, 0.2) is 11.6 Å². The summed E-state index contributed by atoms with van der Waals surface area (Å²) in [4.78, 5) is 0. The molecule has 0 aromatic rings. The van der Waals surface area contributed by atoms with E-state index in [1.165, 1.54) is 57.8 Å². The van der Waals surface area contributed by atoms with Gasteiger partial charge in [0.1, 0.15) is 0 Å². The Labute approximate surface area is 119 Å². The third-order valence-corrected chi connectivity index (χ3v) is 4.51.